The number of piperidine rings is 1. The minimum absolute atomic E-state index is 0.194. The number of sulfonamides is 1. The van der Waals surface area contributed by atoms with Gasteiger partial charge in [0.1, 0.15) is 0 Å². The average molecular weight is 498 g/mol. The molecule has 1 saturated heterocycles. The summed E-state index contributed by atoms with van der Waals surface area (Å²) in [7, 11) is -3.66. The highest BCUT2D eigenvalue weighted by atomic mass is 35.5. The maximum Gasteiger partial charge on any atom is 0.309 e. The van der Waals surface area contributed by atoms with E-state index in [4.69, 9.17) is 23.2 Å². The third kappa shape index (κ3) is 6.45. The van der Waals surface area contributed by atoms with E-state index in [1.165, 1.54) is 16.4 Å². The second-order valence-electron chi connectivity index (χ2n) is 7.57. The molecule has 0 bridgehead atoms. The molecular formula is C22H25Cl2N3O4S. The van der Waals surface area contributed by atoms with E-state index >= 15 is 0 Å². The molecule has 0 saturated carbocycles. The van der Waals surface area contributed by atoms with Crippen LogP contribution in [0, 0.1) is 0 Å². The van der Waals surface area contributed by atoms with Gasteiger partial charge in [0, 0.05) is 35.7 Å². The highest BCUT2D eigenvalue weighted by Crippen LogP contribution is 2.27. The molecule has 2 aromatic rings. The van der Waals surface area contributed by atoms with Crippen molar-refractivity contribution in [2.24, 2.45) is 0 Å². The van der Waals surface area contributed by atoms with Crippen molar-refractivity contribution >= 4 is 45.0 Å². The number of nitrogens with one attached hydrogen (secondary N) is 2. The van der Waals surface area contributed by atoms with Crippen LogP contribution in [0.4, 0.5) is 0 Å². The molecule has 172 valence electrons. The smallest absolute Gasteiger partial charge is 0.309 e. The Morgan fingerprint density at radius 2 is 1.50 bits per heavy atom. The van der Waals surface area contributed by atoms with Gasteiger partial charge in [-0.05, 0) is 61.2 Å². The number of carbonyl (C=O) groups excluding carboxylic acids is 2. The van der Waals surface area contributed by atoms with E-state index in [0.29, 0.717) is 29.4 Å². The zero-order valence-electron chi connectivity index (χ0n) is 17.4. The Morgan fingerprint density at radius 1 is 0.906 bits per heavy atom. The lowest BCUT2D eigenvalue weighted by Crippen LogP contribution is -2.46. The van der Waals surface area contributed by atoms with Gasteiger partial charge in [0.25, 0.3) is 0 Å². The molecule has 2 amide bonds. The molecule has 0 aliphatic carbocycles. The second kappa shape index (κ2) is 11.1. The minimum Gasteiger partial charge on any atom is -0.348 e. The van der Waals surface area contributed by atoms with Crippen LogP contribution in [-0.2, 0) is 26.2 Å². The fourth-order valence-corrected chi connectivity index (χ4v) is 5.59. The molecule has 0 radical (unpaired) electrons. The van der Waals surface area contributed by atoms with Crippen molar-refractivity contribution in [2.45, 2.75) is 43.2 Å². The van der Waals surface area contributed by atoms with Crippen molar-refractivity contribution < 1.29 is 18.0 Å². The van der Waals surface area contributed by atoms with Crippen molar-refractivity contribution in [1.29, 1.82) is 0 Å². The highest BCUT2D eigenvalue weighted by Gasteiger charge is 2.33. The maximum absolute atomic E-state index is 13.1. The van der Waals surface area contributed by atoms with Crippen LogP contribution in [-0.4, -0.2) is 43.7 Å². The number of carbonyl (C=O) groups is 2. The molecule has 0 unspecified atom stereocenters. The van der Waals surface area contributed by atoms with Crippen LogP contribution in [0.15, 0.2) is 53.4 Å². The predicted molar refractivity (Wildman–Crippen MR) is 124 cm³/mol. The Morgan fingerprint density at radius 3 is 2.16 bits per heavy atom. The molecule has 1 atom stereocenters. The average Bonchev–Trinajstić information content (AvgIpc) is 2.79. The van der Waals surface area contributed by atoms with E-state index in [9.17, 15) is 18.0 Å². The van der Waals surface area contributed by atoms with E-state index in [2.05, 4.69) is 10.6 Å². The van der Waals surface area contributed by atoms with Gasteiger partial charge in [-0.25, -0.2) is 8.42 Å². The molecule has 1 fully saturated rings. The zero-order chi connectivity index (χ0) is 23.1. The fourth-order valence-electron chi connectivity index (χ4n) is 3.62. The third-order valence-corrected chi connectivity index (χ3v) is 7.80. The normalized spacial score (nSPS) is 17.0. The van der Waals surface area contributed by atoms with Gasteiger partial charge >= 0.3 is 11.8 Å². The number of benzene rings is 2. The Kier molecular flexibility index (Phi) is 8.53. The maximum atomic E-state index is 13.1. The molecule has 2 N–H and O–H groups in total. The van der Waals surface area contributed by atoms with E-state index in [1.54, 1.807) is 36.4 Å². The SMILES string of the molecule is O=C(NCC[C@@H]1CCCCN1S(=O)(=O)c1ccc(Cl)cc1)C(=O)NCc1ccc(Cl)cc1. The number of hydrogen-bond donors (Lipinski definition) is 2. The first-order valence-corrected chi connectivity index (χ1v) is 12.5. The summed E-state index contributed by atoms with van der Waals surface area (Å²) < 4.78 is 27.6. The highest BCUT2D eigenvalue weighted by molar-refractivity contribution is 7.89. The summed E-state index contributed by atoms with van der Waals surface area (Å²) in [5, 5.41) is 6.20. The van der Waals surface area contributed by atoms with Gasteiger partial charge in [-0.3, -0.25) is 9.59 Å². The minimum atomic E-state index is -3.66. The molecule has 0 spiro atoms. The number of halogens is 2. The summed E-state index contributed by atoms with van der Waals surface area (Å²) in [6.45, 7) is 0.828. The number of nitrogens with zero attached hydrogens (tertiary/aromatic N) is 1. The quantitative estimate of drug-likeness (QED) is 0.573. The fraction of sp³-hybridized carbons (Fsp3) is 0.364. The molecule has 1 aliphatic heterocycles. The van der Waals surface area contributed by atoms with E-state index in [-0.39, 0.29) is 24.0 Å². The monoisotopic (exact) mass is 497 g/mol. The van der Waals surface area contributed by atoms with E-state index < -0.39 is 21.8 Å². The molecule has 10 heteroatoms. The van der Waals surface area contributed by atoms with Gasteiger partial charge < -0.3 is 10.6 Å². The summed E-state index contributed by atoms with van der Waals surface area (Å²) in [6.07, 6.45) is 2.81. The molecule has 0 aromatic heterocycles. The van der Waals surface area contributed by atoms with Crippen LogP contribution < -0.4 is 10.6 Å². The lowest BCUT2D eigenvalue weighted by Gasteiger charge is -2.34. The standard InChI is InChI=1S/C22H25Cl2N3O4S/c23-17-6-4-16(5-7-17)15-26-22(29)21(28)25-13-12-19-3-1-2-14-27(19)32(30,31)20-10-8-18(24)9-11-20/h4-11,19H,1-3,12-15H2,(H,25,28)(H,26,29)/t19-/m0/s1. The Hall–Kier alpha value is -2.13. The molecule has 2 aromatic carbocycles. The van der Waals surface area contributed by atoms with Crippen molar-refractivity contribution in [3.8, 4) is 0 Å². The lowest BCUT2D eigenvalue weighted by atomic mass is 10.0. The van der Waals surface area contributed by atoms with Crippen LogP contribution in [0.2, 0.25) is 10.0 Å². The van der Waals surface area contributed by atoms with Crippen LogP contribution in [0.1, 0.15) is 31.2 Å². The molecule has 7 nitrogen and oxygen atoms in total. The molecule has 3 rings (SSSR count). The lowest BCUT2D eigenvalue weighted by molar-refractivity contribution is -0.139. The van der Waals surface area contributed by atoms with Gasteiger partial charge in [-0.2, -0.15) is 4.31 Å². The Balaban J connectivity index is 1.51. The van der Waals surface area contributed by atoms with Gasteiger partial charge in [0.2, 0.25) is 10.0 Å². The number of rotatable bonds is 7. The topological polar surface area (TPSA) is 95.6 Å². The number of hydrogen-bond acceptors (Lipinski definition) is 4. The molecule has 1 aliphatic rings. The molecule has 1 heterocycles. The van der Waals surface area contributed by atoms with Crippen molar-refractivity contribution in [3.05, 3.63) is 64.1 Å². The first kappa shape index (κ1) is 24.5. The van der Waals surface area contributed by atoms with Gasteiger partial charge in [0.15, 0.2) is 0 Å². The summed E-state index contributed by atoms with van der Waals surface area (Å²) in [5.41, 5.74) is 0.820. The van der Waals surface area contributed by atoms with Gasteiger partial charge in [-0.15, -0.1) is 0 Å². The van der Waals surface area contributed by atoms with Gasteiger partial charge in [-0.1, -0.05) is 41.8 Å². The summed E-state index contributed by atoms with van der Waals surface area (Å²) >= 11 is 11.7. The Labute approximate surface area is 198 Å². The van der Waals surface area contributed by atoms with E-state index in [0.717, 1.165) is 18.4 Å². The van der Waals surface area contributed by atoms with Crippen molar-refractivity contribution in [1.82, 2.24) is 14.9 Å². The van der Waals surface area contributed by atoms with Crippen LogP contribution >= 0.6 is 23.2 Å². The second-order valence-corrected chi connectivity index (χ2v) is 10.3. The van der Waals surface area contributed by atoms with Crippen LogP contribution in [0.25, 0.3) is 0 Å². The predicted octanol–water partition coefficient (Wildman–Crippen LogP) is 3.36. The summed E-state index contributed by atoms with van der Waals surface area (Å²) in [5.74, 6) is -1.49. The van der Waals surface area contributed by atoms with Crippen molar-refractivity contribution in [3.63, 3.8) is 0 Å². The Bertz CT molecular complexity index is 1040. The zero-order valence-corrected chi connectivity index (χ0v) is 19.7. The largest absolute Gasteiger partial charge is 0.348 e. The van der Waals surface area contributed by atoms with E-state index in [1.807, 2.05) is 0 Å². The first-order valence-electron chi connectivity index (χ1n) is 10.4. The summed E-state index contributed by atoms with van der Waals surface area (Å²) in [6, 6.07) is 12.8. The molecule has 32 heavy (non-hydrogen) atoms. The first-order chi connectivity index (χ1) is 15.3. The number of amides is 2. The van der Waals surface area contributed by atoms with Crippen LogP contribution in [0.3, 0.4) is 0 Å². The van der Waals surface area contributed by atoms with Crippen LogP contribution in [0.5, 0.6) is 0 Å². The summed E-state index contributed by atoms with van der Waals surface area (Å²) in [4.78, 5) is 24.3. The van der Waals surface area contributed by atoms with Crippen molar-refractivity contribution in [2.75, 3.05) is 13.1 Å². The van der Waals surface area contributed by atoms with Gasteiger partial charge in [0.05, 0.1) is 4.90 Å². The molecular weight excluding hydrogens is 473 g/mol. The third-order valence-electron chi connectivity index (χ3n) is 5.33.